The minimum absolute atomic E-state index is 0.309. The van der Waals surface area contributed by atoms with Crippen LogP contribution in [0.3, 0.4) is 0 Å². The van der Waals surface area contributed by atoms with E-state index in [4.69, 9.17) is 6.42 Å². The van der Waals surface area contributed by atoms with Crippen LogP contribution in [0.15, 0.2) is 29.2 Å². The van der Waals surface area contributed by atoms with Gasteiger partial charge in [-0.15, -0.1) is 6.42 Å². The largest absolute Gasteiger partial charge is 0.224 e. The first-order valence-corrected chi connectivity index (χ1v) is 6.45. The second-order valence-electron chi connectivity index (χ2n) is 4.07. The molecule has 1 aromatic carbocycles. The predicted molar refractivity (Wildman–Crippen MR) is 61.4 cm³/mol. The summed E-state index contributed by atoms with van der Waals surface area (Å²) < 4.78 is 22.7. The van der Waals surface area contributed by atoms with Crippen molar-refractivity contribution in [2.45, 2.75) is 24.2 Å². The van der Waals surface area contributed by atoms with Crippen molar-refractivity contribution in [3.05, 3.63) is 29.8 Å². The Morgan fingerprint density at radius 3 is 2.40 bits per heavy atom. The number of terminal acetylenes is 1. The molecule has 0 unspecified atom stereocenters. The van der Waals surface area contributed by atoms with E-state index in [9.17, 15) is 8.42 Å². The van der Waals surface area contributed by atoms with Gasteiger partial charge in [0.05, 0.1) is 10.3 Å². The third-order valence-electron chi connectivity index (χ3n) is 2.34. The maximum Gasteiger partial charge on any atom is 0.175 e. The standard InChI is InChI=1S/C12H14O2S/c1-5-12(2,3)10-7-6-8-11(9-10)15(4,13)14/h1,6-9H,2-4H3. The van der Waals surface area contributed by atoms with Gasteiger partial charge in [-0.25, -0.2) is 8.42 Å². The molecule has 0 saturated carbocycles. The van der Waals surface area contributed by atoms with Crippen molar-refractivity contribution in [1.82, 2.24) is 0 Å². The van der Waals surface area contributed by atoms with Gasteiger partial charge in [-0.05, 0) is 31.5 Å². The molecule has 0 spiro atoms. The van der Waals surface area contributed by atoms with Crippen LogP contribution < -0.4 is 0 Å². The fourth-order valence-corrected chi connectivity index (χ4v) is 1.87. The Balaban J connectivity index is 3.34. The van der Waals surface area contributed by atoms with Crippen LogP contribution in [0.4, 0.5) is 0 Å². The summed E-state index contributed by atoms with van der Waals surface area (Å²) in [5.74, 6) is 2.64. The zero-order valence-corrected chi connectivity index (χ0v) is 9.93. The average Bonchev–Trinajstić information content (AvgIpc) is 2.17. The van der Waals surface area contributed by atoms with Crippen molar-refractivity contribution in [2.24, 2.45) is 0 Å². The molecule has 1 aromatic rings. The molecular formula is C12H14O2S. The lowest BCUT2D eigenvalue weighted by molar-refractivity contribution is 0.601. The summed E-state index contributed by atoms with van der Waals surface area (Å²) in [7, 11) is -3.16. The van der Waals surface area contributed by atoms with Crippen molar-refractivity contribution in [1.29, 1.82) is 0 Å². The van der Waals surface area contributed by atoms with Crippen LogP contribution in [0.25, 0.3) is 0 Å². The van der Waals surface area contributed by atoms with Crippen LogP contribution in [0.5, 0.6) is 0 Å². The maximum absolute atomic E-state index is 11.3. The van der Waals surface area contributed by atoms with E-state index in [2.05, 4.69) is 5.92 Å². The quantitative estimate of drug-likeness (QED) is 0.717. The Hall–Kier alpha value is -1.27. The van der Waals surface area contributed by atoms with Gasteiger partial charge in [0, 0.05) is 6.26 Å². The lowest BCUT2D eigenvalue weighted by atomic mass is 9.86. The Labute approximate surface area is 91.2 Å². The van der Waals surface area contributed by atoms with E-state index in [-0.39, 0.29) is 0 Å². The number of rotatable bonds is 2. The SMILES string of the molecule is C#CC(C)(C)c1cccc(S(C)(=O)=O)c1. The lowest BCUT2D eigenvalue weighted by Crippen LogP contribution is -2.14. The van der Waals surface area contributed by atoms with E-state index in [0.29, 0.717) is 4.90 Å². The minimum Gasteiger partial charge on any atom is -0.224 e. The summed E-state index contributed by atoms with van der Waals surface area (Å²) in [4.78, 5) is 0.309. The second kappa shape index (κ2) is 3.71. The van der Waals surface area contributed by atoms with Crippen molar-refractivity contribution in [3.63, 3.8) is 0 Å². The summed E-state index contributed by atoms with van der Waals surface area (Å²) in [6.07, 6.45) is 6.59. The van der Waals surface area contributed by atoms with E-state index in [1.807, 2.05) is 19.9 Å². The summed E-state index contributed by atoms with van der Waals surface area (Å²) in [5.41, 5.74) is 0.397. The lowest BCUT2D eigenvalue weighted by Gasteiger charge is -2.18. The van der Waals surface area contributed by atoms with Crippen molar-refractivity contribution in [2.75, 3.05) is 6.26 Å². The van der Waals surface area contributed by atoms with Gasteiger partial charge in [-0.3, -0.25) is 0 Å². The van der Waals surface area contributed by atoms with Crippen LogP contribution in [0.2, 0.25) is 0 Å². The molecule has 0 aromatic heterocycles. The summed E-state index contributed by atoms with van der Waals surface area (Å²) >= 11 is 0. The molecule has 0 aliphatic heterocycles. The molecular weight excluding hydrogens is 208 g/mol. The average molecular weight is 222 g/mol. The highest BCUT2D eigenvalue weighted by atomic mass is 32.2. The summed E-state index contributed by atoms with van der Waals surface area (Å²) in [5, 5.41) is 0. The molecule has 80 valence electrons. The van der Waals surface area contributed by atoms with Crippen molar-refractivity contribution < 1.29 is 8.42 Å². The first-order valence-electron chi connectivity index (χ1n) is 4.56. The molecule has 0 aliphatic carbocycles. The van der Waals surface area contributed by atoms with Crippen LogP contribution >= 0.6 is 0 Å². The highest BCUT2D eigenvalue weighted by Gasteiger charge is 2.18. The third-order valence-corrected chi connectivity index (χ3v) is 3.45. The molecule has 2 nitrogen and oxygen atoms in total. The second-order valence-corrected chi connectivity index (χ2v) is 6.09. The van der Waals surface area contributed by atoms with Crippen molar-refractivity contribution >= 4 is 9.84 Å². The maximum atomic E-state index is 11.3. The highest BCUT2D eigenvalue weighted by molar-refractivity contribution is 7.90. The normalized spacial score (nSPS) is 12.1. The van der Waals surface area contributed by atoms with Crippen LogP contribution in [0, 0.1) is 12.3 Å². The van der Waals surface area contributed by atoms with Crippen molar-refractivity contribution in [3.8, 4) is 12.3 Å². The number of benzene rings is 1. The van der Waals surface area contributed by atoms with Crippen LogP contribution in [0.1, 0.15) is 19.4 Å². The van der Waals surface area contributed by atoms with Gasteiger partial charge >= 0.3 is 0 Å². The number of hydrogen-bond donors (Lipinski definition) is 0. The Bertz CT molecular complexity index is 505. The molecule has 15 heavy (non-hydrogen) atoms. The zero-order valence-electron chi connectivity index (χ0n) is 9.11. The van der Waals surface area contributed by atoms with Gasteiger partial charge in [0.25, 0.3) is 0 Å². The first-order chi connectivity index (χ1) is 6.77. The molecule has 0 heterocycles. The molecule has 0 aliphatic rings. The van der Waals surface area contributed by atoms with Gasteiger partial charge in [-0.1, -0.05) is 18.1 Å². The monoisotopic (exact) mass is 222 g/mol. The van der Waals surface area contributed by atoms with Gasteiger partial charge in [0.2, 0.25) is 0 Å². The molecule has 0 radical (unpaired) electrons. The van der Waals surface area contributed by atoms with E-state index < -0.39 is 15.3 Å². The van der Waals surface area contributed by atoms with Gasteiger partial charge in [-0.2, -0.15) is 0 Å². The van der Waals surface area contributed by atoms with Gasteiger partial charge in [0.1, 0.15) is 0 Å². The number of hydrogen-bond acceptors (Lipinski definition) is 2. The van der Waals surface area contributed by atoms with E-state index in [1.54, 1.807) is 18.2 Å². The Morgan fingerprint density at radius 1 is 1.33 bits per heavy atom. The van der Waals surface area contributed by atoms with Crippen LogP contribution in [-0.4, -0.2) is 14.7 Å². The molecule has 1 rings (SSSR count). The van der Waals surface area contributed by atoms with E-state index >= 15 is 0 Å². The molecule has 0 atom stereocenters. The molecule has 0 fully saturated rings. The molecule has 0 amide bonds. The van der Waals surface area contributed by atoms with E-state index in [1.165, 1.54) is 6.26 Å². The summed E-state index contributed by atoms with van der Waals surface area (Å²) in [6, 6.07) is 6.76. The first kappa shape index (κ1) is 11.8. The van der Waals surface area contributed by atoms with Gasteiger partial charge < -0.3 is 0 Å². The minimum atomic E-state index is -3.16. The number of sulfone groups is 1. The molecule has 0 N–H and O–H groups in total. The fourth-order valence-electron chi connectivity index (χ4n) is 1.20. The Morgan fingerprint density at radius 2 is 1.93 bits per heavy atom. The Kier molecular flexibility index (Phi) is 2.92. The zero-order chi connectivity index (χ0) is 11.7. The van der Waals surface area contributed by atoms with Gasteiger partial charge in [0.15, 0.2) is 9.84 Å². The fraction of sp³-hybridized carbons (Fsp3) is 0.333. The topological polar surface area (TPSA) is 34.1 Å². The van der Waals surface area contributed by atoms with E-state index in [0.717, 1.165) is 5.56 Å². The highest BCUT2D eigenvalue weighted by Crippen LogP contribution is 2.24. The third kappa shape index (κ3) is 2.60. The molecule has 3 heteroatoms. The predicted octanol–water partition coefficient (Wildman–Crippen LogP) is 2.00. The molecule has 0 bridgehead atoms. The molecule has 0 saturated heterocycles. The summed E-state index contributed by atoms with van der Waals surface area (Å²) in [6.45, 7) is 3.77. The smallest absolute Gasteiger partial charge is 0.175 e. The van der Waals surface area contributed by atoms with Crippen LogP contribution in [-0.2, 0) is 15.3 Å².